The molecule has 120 valence electrons. The number of aryl methyl sites for hydroxylation is 1. The van der Waals surface area contributed by atoms with E-state index in [2.05, 4.69) is 34.5 Å². The van der Waals surface area contributed by atoms with Gasteiger partial charge >= 0.3 is 6.03 Å². The van der Waals surface area contributed by atoms with Gasteiger partial charge in [0.1, 0.15) is 0 Å². The van der Waals surface area contributed by atoms with Gasteiger partial charge in [0, 0.05) is 39.8 Å². The molecule has 0 bridgehead atoms. The van der Waals surface area contributed by atoms with E-state index in [0.717, 1.165) is 52.2 Å². The van der Waals surface area contributed by atoms with Crippen molar-refractivity contribution in [2.75, 3.05) is 46.4 Å². The molecule has 1 saturated heterocycles. The third-order valence-corrected chi connectivity index (χ3v) is 4.70. The molecule has 1 atom stereocenters. The first-order chi connectivity index (χ1) is 10.8. The largest absolute Gasteiger partial charge is 0.383 e. The van der Waals surface area contributed by atoms with E-state index in [0.29, 0.717) is 0 Å². The van der Waals surface area contributed by atoms with Crippen molar-refractivity contribution in [1.29, 1.82) is 0 Å². The van der Waals surface area contributed by atoms with E-state index >= 15 is 0 Å². The molecule has 3 rings (SSSR count). The third kappa shape index (κ3) is 3.42. The van der Waals surface area contributed by atoms with Crippen LogP contribution < -0.4 is 5.32 Å². The normalized spacial score (nSPS) is 21.7. The lowest BCUT2D eigenvalue weighted by atomic mass is 10.1. The molecule has 0 radical (unpaired) electrons. The van der Waals surface area contributed by atoms with Crippen molar-refractivity contribution in [3.63, 3.8) is 0 Å². The second-order valence-electron chi connectivity index (χ2n) is 6.06. The Hall–Kier alpha value is -1.59. The number of benzene rings is 1. The number of nitrogens with zero attached hydrogens (tertiary/aromatic N) is 2. The number of amides is 2. The molecule has 2 aliphatic rings. The summed E-state index contributed by atoms with van der Waals surface area (Å²) in [5, 5.41) is 3.21. The Morgan fingerprint density at radius 2 is 2.05 bits per heavy atom. The fraction of sp³-hybridized carbons (Fsp3) is 0.588. The van der Waals surface area contributed by atoms with Crippen molar-refractivity contribution in [3.8, 4) is 0 Å². The van der Waals surface area contributed by atoms with Gasteiger partial charge in [-0.05, 0) is 24.0 Å². The molecular formula is C17H25N3O2. The lowest BCUT2D eigenvalue weighted by Crippen LogP contribution is -2.52. The predicted octanol–water partition coefficient (Wildman–Crippen LogP) is 1.65. The lowest BCUT2D eigenvalue weighted by molar-refractivity contribution is 0.105. The van der Waals surface area contributed by atoms with Crippen molar-refractivity contribution >= 4 is 6.03 Å². The number of carbonyl (C=O) groups excluding carboxylic acids is 1. The van der Waals surface area contributed by atoms with Crippen LogP contribution in [0.1, 0.15) is 23.6 Å². The number of rotatable bonds is 4. The quantitative estimate of drug-likeness (QED) is 0.920. The first-order valence-corrected chi connectivity index (χ1v) is 8.12. The zero-order valence-corrected chi connectivity index (χ0v) is 13.3. The number of hydrogen-bond donors (Lipinski definition) is 1. The molecule has 0 saturated carbocycles. The second kappa shape index (κ2) is 7.11. The predicted molar refractivity (Wildman–Crippen MR) is 85.9 cm³/mol. The number of nitrogens with one attached hydrogen (secondary N) is 1. The smallest absolute Gasteiger partial charge is 0.317 e. The minimum Gasteiger partial charge on any atom is -0.383 e. The van der Waals surface area contributed by atoms with Gasteiger partial charge in [-0.1, -0.05) is 24.3 Å². The van der Waals surface area contributed by atoms with Crippen LogP contribution in [-0.4, -0.2) is 62.3 Å². The monoisotopic (exact) mass is 303 g/mol. The number of fused-ring (bicyclic) bond motifs is 1. The highest BCUT2D eigenvalue weighted by Crippen LogP contribution is 2.30. The van der Waals surface area contributed by atoms with Gasteiger partial charge in [0.2, 0.25) is 0 Å². The number of carbonyl (C=O) groups is 1. The van der Waals surface area contributed by atoms with Gasteiger partial charge in [0.05, 0.1) is 12.6 Å². The summed E-state index contributed by atoms with van der Waals surface area (Å²) in [6, 6.07) is 8.68. The molecule has 1 aliphatic heterocycles. The molecule has 1 fully saturated rings. The highest BCUT2D eigenvalue weighted by atomic mass is 16.5. The zero-order chi connectivity index (χ0) is 15.4. The molecular weight excluding hydrogens is 278 g/mol. The van der Waals surface area contributed by atoms with E-state index in [-0.39, 0.29) is 12.1 Å². The summed E-state index contributed by atoms with van der Waals surface area (Å²) >= 11 is 0. The lowest BCUT2D eigenvalue weighted by Gasteiger charge is -2.35. The number of urea groups is 1. The summed E-state index contributed by atoms with van der Waals surface area (Å²) < 4.78 is 5.11. The minimum atomic E-state index is 0.0769. The summed E-state index contributed by atoms with van der Waals surface area (Å²) in [5.74, 6) is 0. The SMILES string of the molecule is COCCN1CCN(C(=O)N[C@@H]2CCc3ccccc32)CC1. The van der Waals surface area contributed by atoms with Gasteiger partial charge in [-0.2, -0.15) is 0 Å². The van der Waals surface area contributed by atoms with Crippen molar-refractivity contribution in [2.24, 2.45) is 0 Å². The van der Waals surface area contributed by atoms with E-state index in [9.17, 15) is 4.79 Å². The molecule has 5 nitrogen and oxygen atoms in total. The second-order valence-corrected chi connectivity index (χ2v) is 6.06. The van der Waals surface area contributed by atoms with E-state index in [4.69, 9.17) is 4.74 Å². The molecule has 1 heterocycles. The Labute approximate surface area is 132 Å². The van der Waals surface area contributed by atoms with Gasteiger partial charge < -0.3 is 15.0 Å². The number of ether oxygens (including phenoxy) is 1. The fourth-order valence-electron chi connectivity index (χ4n) is 3.34. The Balaban J connectivity index is 1.50. The van der Waals surface area contributed by atoms with Crippen LogP contribution in [0.2, 0.25) is 0 Å². The van der Waals surface area contributed by atoms with Gasteiger partial charge in [-0.3, -0.25) is 4.90 Å². The van der Waals surface area contributed by atoms with Crippen LogP contribution in [0.3, 0.4) is 0 Å². The first kappa shape index (κ1) is 15.3. The van der Waals surface area contributed by atoms with Gasteiger partial charge in [0.15, 0.2) is 0 Å². The summed E-state index contributed by atoms with van der Waals surface area (Å²) in [5.41, 5.74) is 2.66. The zero-order valence-electron chi connectivity index (χ0n) is 13.3. The molecule has 0 aromatic heterocycles. The van der Waals surface area contributed by atoms with E-state index < -0.39 is 0 Å². The minimum absolute atomic E-state index is 0.0769. The van der Waals surface area contributed by atoms with Crippen LogP contribution in [0, 0.1) is 0 Å². The summed E-state index contributed by atoms with van der Waals surface area (Å²) in [6.07, 6.45) is 2.07. The van der Waals surface area contributed by atoms with Gasteiger partial charge in [-0.15, -0.1) is 0 Å². The Bertz CT molecular complexity index is 512. The Kier molecular flexibility index (Phi) is 4.95. The maximum absolute atomic E-state index is 12.5. The van der Waals surface area contributed by atoms with Crippen molar-refractivity contribution in [2.45, 2.75) is 18.9 Å². The molecule has 1 N–H and O–H groups in total. The topological polar surface area (TPSA) is 44.8 Å². The average molecular weight is 303 g/mol. The maximum atomic E-state index is 12.5. The van der Waals surface area contributed by atoms with Gasteiger partial charge in [-0.25, -0.2) is 4.79 Å². The highest BCUT2D eigenvalue weighted by Gasteiger charge is 2.27. The molecule has 1 aromatic rings. The number of methoxy groups -OCH3 is 1. The van der Waals surface area contributed by atoms with E-state index in [1.165, 1.54) is 11.1 Å². The van der Waals surface area contributed by atoms with E-state index in [1.807, 2.05) is 4.90 Å². The molecule has 0 spiro atoms. The third-order valence-electron chi connectivity index (χ3n) is 4.70. The van der Waals surface area contributed by atoms with Crippen molar-refractivity contribution < 1.29 is 9.53 Å². The van der Waals surface area contributed by atoms with Crippen LogP contribution in [0.15, 0.2) is 24.3 Å². The summed E-state index contributed by atoms with van der Waals surface area (Å²) in [4.78, 5) is 16.7. The number of piperazine rings is 1. The van der Waals surface area contributed by atoms with Crippen molar-refractivity contribution in [1.82, 2.24) is 15.1 Å². The number of hydrogen-bond acceptors (Lipinski definition) is 3. The molecule has 0 unspecified atom stereocenters. The summed E-state index contributed by atoms with van der Waals surface area (Å²) in [6.45, 7) is 5.15. The highest BCUT2D eigenvalue weighted by molar-refractivity contribution is 5.75. The van der Waals surface area contributed by atoms with Crippen LogP contribution in [0.4, 0.5) is 4.79 Å². The molecule has 2 amide bonds. The molecule has 22 heavy (non-hydrogen) atoms. The van der Waals surface area contributed by atoms with Crippen molar-refractivity contribution in [3.05, 3.63) is 35.4 Å². The van der Waals surface area contributed by atoms with Gasteiger partial charge in [0.25, 0.3) is 0 Å². The fourth-order valence-corrected chi connectivity index (χ4v) is 3.34. The Morgan fingerprint density at radius 3 is 2.82 bits per heavy atom. The Morgan fingerprint density at radius 1 is 1.27 bits per heavy atom. The van der Waals surface area contributed by atoms with Crippen LogP contribution in [-0.2, 0) is 11.2 Å². The summed E-state index contributed by atoms with van der Waals surface area (Å²) in [7, 11) is 1.73. The standard InChI is InChI=1S/C17H25N3O2/c1-22-13-12-19-8-10-20(11-9-19)17(21)18-16-7-6-14-4-2-3-5-15(14)16/h2-5,16H,6-13H2,1H3,(H,18,21)/t16-/m1/s1. The van der Waals surface area contributed by atoms with Crippen LogP contribution >= 0.6 is 0 Å². The first-order valence-electron chi connectivity index (χ1n) is 8.12. The van der Waals surface area contributed by atoms with E-state index in [1.54, 1.807) is 7.11 Å². The molecule has 5 heteroatoms. The molecule has 1 aromatic carbocycles. The van der Waals surface area contributed by atoms with Crippen LogP contribution in [0.25, 0.3) is 0 Å². The maximum Gasteiger partial charge on any atom is 0.317 e. The average Bonchev–Trinajstić information content (AvgIpc) is 2.96. The molecule has 1 aliphatic carbocycles. The van der Waals surface area contributed by atoms with Crippen LogP contribution in [0.5, 0.6) is 0 Å².